The van der Waals surface area contributed by atoms with Gasteiger partial charge in [-0.05, 0) is 42.7 Å². The number of hydrogen-bond donors (Lipinski definition) is 2. The van der Waals surface area contributed by atoms with Crippen molar-refractivity contribution in [1.29, 1.82) is 0 Å². The molecule has 0 aliphatic carbocycles. The standard InChI is InChI=1S/C18H18N4O3/c1-11(12-4-6-14-13(9-12)5-7-16(23)20-14)19-10-17-21-18(22-25-17)15-3-2-8-24-15/h2-4,6,8-9,11,19H,5,7,10H2,1H3,(H,20,23)/t11-/m0/s1. The number of carbonyl (C=O) groups is 1. The first-order valence-electron chi connectivity index (χ1n) is 8.21. The van der Waals surface area contributed by atoms with E-state index >= 15 is 0 Å². The lowest BCUT2D eigenvalue weighted by molar-refractivity contribution is -0.116. The number of aryl methyl sites for hydroxylation is 1. The van der Waals surface area contributed by atoms with E-state index in [0.29, 0.717) is 30.4 Å². The van der Waals surface area contributed by atoms with Gasteiger partial charge in [0.1, 0.15) is 0 Å². The Labute approximate surface area is 144 Å². The highest BCUT2D eigenvalue weighted by atomic mass is 16.5. The van der Waals surface area contributed by atoms with E-state index < -0.39 is 0 Å². The lowest BCUT2D eigenvalue weighted by atomic mass is 9.98. The number of hydrogen-bond acceptors (Lipinski definition) is 6. The molecule has 4 rings (SSSR count). The van der Waals surface area contributed by atoms with E-state index in [0.717, 1.165) is 17.7 Å². The zero-order valence-electron chi connectivity index (χ0n) is 13.8. The lowest BCUT2D eigenvalue weighted by Gasteiger charge is -2.20. The summed E-state index contributed by atoms with van der Waals surface area (Å²) in [7, 11) is 0. The summed E-state index contributed by atoms with van der Waals surface area (Å²) in [4.78, 5) is 15.8. The van der Waals surface area contributed by atoms with Gasteiger partial charge >= 0.3 is 0 Å². The Bertz CT molecular complexity index is 886. The van der Waals surface area contributed by atoms with Crippen LogP contribution in [-0.2, 0) is 17.8 Å². The molecule has 2 aromatic heterocycles. The quantitative estimate of drug-likeness (QED) is 0.742. The first-order valence-corrected chi connectivity index (χ1v) is 8.21. The highest BCUT2D eigenvalue weighted by Crippen LogP contribution is 2.26. The summed E-state index contributed by atoms with van der Waals surface area (Å²) in [6, 6.07) is 9.79. The average molecular weight is 338 g/mol. The van der Waals surface area contributed by atoms with E-state index in [1.807, 2.05) is 12.1 Å². The third-order valence-corrected chi connectivity index (χ3v) is 4.29. The lowest BCUT2D eigenvalue weighted by Crippen LogP contribution is -2.21. The normalized spacial score (nSPS) is 14.8. The minimum Gasteiger partial charge on any atom is -0.461 e. The van der Waals surface area contributed by atoms with Crippen LogP contribution >= 0.6 is 0 Å². The molecule has 7 nitrogen and oxygen atoms in total. The summed E-state index contributed by atoms with van der Waals surface area (Å²) < 4.78 is 10.5. The van der Waals surface area contributed by atoms with Crippen LogP contribution < -0.4 is 10.6 Å². The van der Waals surface area contributed by atoms with Gasteiger partial charge in [0.25, 0.3) is 0 Å². The van der Waals surface area contributed by atoms with E-state index in [1.54, 1.807) is 18.4 Å². The van der Waals surface area contributed by atoms with Crippen LogP contribution in [0.25, 0.3) is 11.6 Å². The number of benzene rings is 1. The van der Waals surface area contributed by atoms with E-state index in [2.05, 4.69) is 33.8 Å². The van der Waals surface area contributed by atoms with Crippen molar-refractivity contribution in [3.63, 3.8) is 0 Å². The van der Waals surface area contributed by atoms with E-state index in [1.165, 1.54) is 5.56 Å². The molecular weight excluding hydrogens is 320 g/mol. The first kappa shape index (κ1) is 15.6. The zero-order valence-corrected chi connectivity index (χ0v) is 13.8. The second-order valence-electron chi connectivity index (χ2n) is 6.06. The molecular formula is C18H18N4O3. The van der Waals surface area contributed by atoms with Crippen molar-refractivity contribution in [3.8, 4) is 11.6 Å². The van der Waals surface area contributed by atoms with Crippen LogP contribution in [0.1, 0.15) is 36.4 Å². The summed E-state index contributed by atoms with van der Waals surface area (Å²) in [5, 5.41) is 10.2. The molecule has 3 aromatic rings. The monoisotopic (exact) mass is 338 g/mol. The molecule has 3 heterocycles. The summed E-state index contributed by atoms with van der Waals surface area (Å²) in [6.45, 7) is 2.54. The predicted molar refractivity (Wildman–Crippen MR) is 90.6 cm³/mol. The highest BCUT2D eigenvalue weighted by molar-refractivity contribution is 5.93. The molecule has 1 atom stereocenters. The van der Waals surface area contributed by atoms with Crippen LogP contribution in [0.4, 0.5) is 5.69 Å². The van der Waals surface area contributed by atoms with E-state index in [9.17, 15) is 4.79 Å². The van der Waals surface area contributed by atoms with Gasteiger partial charge in [-0.15, -0.1) is 0 Å². The number of aromatic nitrogens is 2. The number of furan rings is 1. The first-order chi connectivity index (χ1) is 12.2. The SMILES string of the molecule is C[C@H](NCc1nc(-c2ccco2)no1)c1ccc2c(c1)CCC(=O)N2. The Kier molecular flexibility index (Phi) is 4.07. The second kappa shape index (κ2) is 6.52. The molecule has 0 spiro atoms. The third-order valence-electron chi connectivity index (χ3n) is 4.29. The number of amides is 1. The molecule has 1 aliphatic rings. The number of fused-ring (bicyclic) bond motifs is 1. The van der Waals surface area contributed by atoms with Crippen LogP contribution in [0.2, 0.25) is 0 Å². The molecule has 25 heavy (non-hydrogen) atoms. The van der Waals surface area contributed by atoms with Crippen molar-refractivity contribution in [1.82, 2.24) is 15.5 Å². The second-order valence-corrected chi connectivity index (χ2v) is 6.06. The number of rotatable bonds is 5. The van der Waals surface area contributed by atoms with Gasteiger partial charge in [-0.25, -0.2) is 0 Å². The fraction of sp³-hybridized carbons (Fsp3) is 0.278. The smallest absolute Gasteiger partial charge is 0.241 e. The van der Waals surface area contributed by atoms with Gasteiger partial charge in [0.15, 0.2) is 5.76 Å². The van der Waals surface area contributed by atoms with Gasteiger partial charge in [0, 0.05) is 18.2 Å². The molecule has 1 amide bonds. The molecule has 2 N–H and O–H groups in total. The van der Waals surface area contributed by atoms with Gasteiger partial charge in [-0.3, -0.25) is 4.79 Å². The third kappa shape index (κ3) is 3.32. The van der Waals surface area contributed by atoms with Crippen molar-refractivity contribution in [2.24, 2.45) is 0 Å². The Morgan fingerprint density at radius 2 is 2.24 bits per heavy atom. The maximum Gasteiger partial charge on any atom is 0.241 e. The Balaban J connectivity index is 1.41. The zero-order chi connectivity index (χ0) is 17.2. The Hall–Kier alpha value is -2.93. The molecule has 0 fully saturated rings. The van der Waals surface area contributed by atoms with Crippen LogP contribution in [0.15, 0.2) is 45.5 Å². The van der Waals surface area contributed by atoms with Crippen molar-refractivity contribution in [2.75, 3.05) is 5.32 Å². The van der Waals surface area contributed by atoms with E-state index in [-0.39, 0.29) is 11.9 Å². The molecule has 0 bridgehead atoms. The topological polar surface area (TPSA) is 93.2 Å². The maximum absolute atomic E-state index is 11.4. The van der Waals surface area contributed by atoms with Gasteiger partial charge < -0.3 is 19.6 Å². The van der Waals surface area contributed by atoms with Gasteiger partial charge in [-0.2, -0.15) is 4.98 Å². The average Bonchev–Trinajstić information content (AvgIpc) is 3.30. The number of nitrogens with one attached hydrogen (secondary N) is 2. The highest BCUT2D eigenvalue weighted by Gasteiger charge is 2.17. The number of carbonyl (C=O) groups excluding carboxylic acids is 1. The fourth-order valence-corrected chi connectivity index (χ4v) is 2.86. The minimum absolute atomic E-state index is 0.0789. The van der Waals surface area contributed by atoms with Gasteiger partial charge in [0.2, 0.25) is 17.6 Å². The molecule has 0 unspecified atom stereocenters. The number of nitrogens with zero attached hydrogens (tertiary/aromatic N) is 2. The fourth-order valence-electron chi connectivity index (χ4n) is 2.86. The molecule has 1 aliphatic heterocycles. The minimum atomic E-state index is 0.0789. The van der Waals surface area contributed by atoms with Crippen molar-refractivity contribution in [3.05, 3.63) is 53.6 Å². The molecule has 1 aromatic carbocycles. The predicted octanol–water partition coefficient (Wildman–Crippen LogP) is 3.07. The van der Waals surface area contributed by atoms with Gasteiger partial charge in [0.05, 0.1) is 12.8 Å². The van der Waals surface area contributed by atoms with Gasteiger partial charge in [-0.1, -0.05) is 17.3 Å². The molecule has 7 heteroatoms. The molecule has 0 radical (unpaired) electrons. The Morgan fingerprint density at radius 1 is 1.32 bits per heavy atom. The summed E-state index contributed by atoms with van der Waals surface area (Å²) in [5.41, 5.74) is 3.23. The summed E-state index contributed by atoms with van der Waals surface area (Å²) in [5.74, 6) is 1.61. The summed E-state index contributed by atoms with van der Waals surface area (Å²) in [6.07, 6.45) is 2.89. The van der Waals surface area contributed by atoms with Crippen LogP contribution in [-0.4, -0.2) is 16.0 Å². The van der Waals surface area contributed by atoms with Crippen LogP contribution in [0.5, 0.6) is 0 Å². The molecule has 128 valence electrons. The molecule has 0 saturated carbocycles. The largest absolute Gasteiger partial charge is 0.461 e. The Morgan fingerprint density at radius 3 is 3.08 bits per heavy atom. The molecule has 0 saturated heterocycles. The van der Waals surface area contributed by atoms with Crippen LogP contribution in [0, 0.1) is 0 Å². The number of anilines is 1. The summed E-state index contributed by atoms with van der Waals surface area (Å²) >= 11 is 0. The maximum atomic E-state index is 11.4. The van der Waals surface area contributed by atoms with E-state index in [4.69, 9.17) is 8.94 Å². The van der Waals surface area contributed by atoms with Crippen LogP contribution in [0.3, 0.4) is 0 Å². The van der Waals surface area contributed by atoms with Crippen molar-refractivity contribution >= 4 is 11.6 Å². The van der Waals surface area contributed by atoms with Crippen molar-refractivity contribution < 1.29 is 13.7 Å². The van der Waals surface area contributed by atoms with Crippen molar-refractivity contribution in [2.45, 2.75) is 32.4 Å².